The zero-order chi connectivity index (χ0) is 7.84. The molecular weight excluding hydrogens is 136 g/mol. The average molecular weight is 150 g/mol. The quantitative estimate of drug-likeness (QED) is 0.484. The standard InChI is InChI=1S/C10H14O/c1-2-9-8-4-3-7(5-8)6-10(9)11/h2,7-8H,3-6H2,1H3/b9-2-. The van der Waals surface area contributed by atoms with Gasteiger partial charge in [0.2, 0.25) is 0 Å². The fourth-order valence-electron chi connectivity index (χ4n) is 2.55. The average Bonchev–Trinajstić information content (AvgIpc) is 2.34. The number of carbonyl (C=O) groups is 1. The maximum Gasteiger partial charge on any atom is 0.159 e. The van der Waals surface area contributed by atoms with Gasteiger partial charge in [0.15, 0.2) is 5.78 Å². The molecular formula is C10H14O. The molecule has 0 heterocycles. The fraction of sp³-hybridized carbons (Fsp3) is 0.700. The predicted molar refractivity (Wildman–Crippen MR) is 44.2 cm³/mol. The molecule has 2 unspecified atom stereocenters. The summed E-state index contributed by atoms with van der Waals surface area (Å²) in [7, 11) is 0. The van der Waals surface area contributed by atoms with Gasteiger partial charge in [0.1, 0.15) is 0 Å². The number of carbonyl (C=O) groups excluding carboxylic acids is 1. The van der Waals surface area contributed by atoms with Gasteiger partial charge < -0.3 is 0 Å². The Labute approximate surface area is 67.5 Å². The van der Waals surface area contributed by atoms with E-state index in [1.807, 2.05) is 13.0 Å². The lowest BCUT2D eigenvalue weighted by Crippen LogP contribution is -2.18. The van der Waals surface area contributed by atoms with E-state index in [0.29, 0.717) is 11.7 Å². The third-order valence-electron chi connectivity index (χ3n) is 3.09. The molecule has 2 fully saturated rings. The second-order valence-electron chi connectivity index (χ2n) is 3.75. The Morgan fingerprint density at radius 3 is 3.00 bits per heavy atom. The summed E-state index contributed by atoms with van der Waals surface area (Å²) in [5.41, 5.74) is 1.12. The maximum atomic E-state index is 11.4. The number of Topliss-reactive ketones (excluding diaryl/α,β-unsaturated/α-hetero) is 1. The first-order valence-electron chi connectivity index (χ1n) is 4.50. The number of allylic oxidation sites excluding steroid dienone is 2. The minimum Gasteiger partial charge on any atom is -0.295 e. The van der Waals surface area contributed by atoms with Gasteiger partial charge in [0.05, 0.1) is 0 Å². The molecule has 2 saturated carbocycles. The summed E-state index contributed by atoms with van der Waals surface area (Å²) in [6.45, 7) is 1.99. The van der Waals surface area contributed by atoms with Crippen LogP contribution in [-0.4, -0.2) is 5.78 Å². The van der Waals surface area contributed by atoms with Gasteiger partial charge in [0, 0.05) is 6.42 Å². The third kappa shape index (κ3) is 1.03. The molecule has 0 radical (unpaired) electrons. The molecule has 0 aliphatic heterocycles. The number of hydrogen-bond donors (Lipinski definition) is 0. The number of rotatable bonds is 0. The Balaban J connectivity index is 2.27. The van der Waals surface area contributed by atoms with Crippen molar-refractivity contribution in [1.82, 2.24) is 0 Å². The van der Waals surface area contributed by atoms with Crippen LogP contribution in [-0.2, 0) is 4.79 Å². The zero-order valence-electron chi connectivity index (χ0n) is 6.97. The second kappa shape index (κ2) is 2.47. The van der Waals surface area contributed by atoms with E-state index in [1.54, 1.807) is 0 Å². The van der Waals surface area contributed by atoms with Crippen LogP contribution < -0.4 is 0 Å². The van der Waals surface area contributed by atoms with Crippen molar-refractivity contribution in [2.45, 2.75) is 32.6 Å². The fourth-order valence-corrected chi connectivity index (χ4v) is 2.55. The normalized spacial score (nSPS) is 40.1. The molecule has 1 heteroatoms. The summed E-state index contributed by atoms with van der Waals surface area (Å²) in [4.78, 5) is 11.4. The van der Waals surface area contributed by atoms with Gasteiger partial charge in [-0.1, -0.05) is 6.08 Å². The lowest BCUT2D eigenvalue weighted by Gasteiger charge is -2.20. The van der Waals surface area contributed by atoms with Gasteiger partial charge in [-0.3, -0.25) is 4.79 Å². The largest absolute Gasteiger partial charge is 0.295 e. The van der Waals surface area contributed by atoms with Crippen LogP contribution in [0.1, 0.15) is 32.6 Å². The van der Waals surface area contributed by atoms with Gasteiger partial charge in [-0.25, -0.2) is 0 Å². The van der Waals surface area contributed by atoms with Crippen LogP contribution in [0.5, 0.6) is 0 Å². The predicted octanol–water partition coefficient (Wildman–Crippen LogP) is 2.32. The molecule has 0 N–H and O–H groups in total. The van der Waals surface area contributed by atoms with E-state index in [-0.39, 0.29) is 0 Å². The summed E-state index contributed by atoms with van der Waals surface area (Å²) in [5, 5.41) is 0. The zero-order valence-corrected chi connectivity index (χ0v) is 6.97. The van der Waals surface area contributed by atoms with Gasteiger partial charge in [-0.15, -0.1) is 0 Å². The molecule has 0 saturated heterocycles. The Hall–Kier alpha value is -0.590. The van der Waals surface area contributed by atoms with Gasteiger partial charge in [-0.2, -0.15) is 0 Å². The van der Waals surface area contributed by atoms with Crippen molar-refractivity contribution in [3.8, 4) is 0 Å². The Bertz CT molecular complexity index is 215. The molecule has 2 aliphatic carbocycles. The Morgan fingerprint density at radius 1 is 1.45 bits per heavy atom. The smallest absolute Gasteiger partial charge is 0.159 e. The van der Waals surface area contributed by atoms with Crippen molar-refractivity contribution in [2.24, 2.45) is 11.8 Å². The summed E-state index contributed by atoms with van der Waals surface area (Å²) >= 11 is 0. The molecule has 60 valence electrons. The molecule has 1 nitrogen and oxygen atoms in total. The lowest BCUT2D eigenvalue weighted by molar-refractivity contribution is -0.117. The van der Waals surface area contributed by atoms with Crippen molar-refractivity contribution in [3.63, 3.8) is 0 Å². The summed E-state index contributed by atoms with van der Waals surface area (Å²) in [6, 6.07) is 0. The van der Waals surface area contributed by atoms with Crippen molar-refractivity contribution >= 4 is 5.78 Å². The molecule has 2 bridgehead atoms. The first-order valence-corrected chi connectivity index (χ1v) is 4.50. The molecule has 0 spiro atoms. The highest BCUT2D eigenvalue weighted by atomic mass is 16.1. The van der Waals surface area contributed by atoms with E-state index < -0.39 is 0 Å². The molecule has 0 aromatic carbocycles. The van der Waals surface area contributed by atoms with E-state index >= 15 is 0 Å². The number of hydrogen-bond acceptors (Lipinski definition) is 1. The first-order chi connectivity index (χ1) is 5.31. The monoisotopic (exact) mass is 150 g/mol. The van der Waals surface area contributed by atoms with Crippen LogP contribution in [0.3, 0.4) is 0 Å². The van der Waals surface area contributed by atoms with Gasteiger partial charge in [0.25, 0.3) is 0 Å². The van der Waals surface area contributed by atoms with E-state index in [1.165, 1.54) is 19.3 Å². The molecule has 0 aromatic heterocycles. The maximum absolute atomic E-state index is 11.4. The second-order valence-corrected chi connectivity index (χ2v) is 3.75. The molecule has 11 heavy (non-hydrogen) atoms. The summed E-state index contributed by atoms with van der Waals surface area (Å²) in [5.74, 6) is 1.79. The molecule has 2 aliphatic rings. The van der Waals surface area contributed by atoms with E-state index in [0.717, 1.165) is 17.9 Å². The Morgan fingerprint density at radius 2 is 2.27 bits per heavy atom. The summed E-state index contributed by atoms with van der Waals surface area (Å²) < 4.78 is 0. The van der Waals surface area contributed by atoms with E-state index in [4.69, 9.17) is 0 Å². The van der Waals surface area contributed by atoms with Crippen molar-refractivity contribution < 1.29 is 4.79 Å². The first kappa shape index (κ1) is 7.08. The number of fused-ring (bicyclic) bond motifs is 2. The topological polar surface area (TPSA) is 17.1 Å². The van der Waals surface area contributed by atoms with Crippen LogP contribution in [0.2, 0.25) is 0 Å². The van der Waals surface area contributed by atoms with Gasteiger partial charge in [-0.05, 0) is 43.6 Å². The lowest BCUT2D eigenvalue weighted by atomic mass is 9.84. The van der Waals surface area contributed by atoms with E-state index in [2.05, 4.69) is 0 Å². The Kier molecular flexibility index (Phi) is 1.59. The van der Waals surface area contributed by atoms with Crippen molar-refractivity contribution in [3.05, 3.63) is 11.6 Å². The highest BCUT2D eigenvalue weighted by Crippen LogP contribution is 2.43. The van der Waals surface area contributed by atoms with Crippen LogP contribution in [0.4, 0.5) is 0 Å². The van der Waals surface area contributed by atoms with Crippen LogP contribution >= 0.6 is 0 Å². The SMILES string of the molecule is C/C=C1\C(=O)CC2CCC1C2. The minimum absolute atomic E-state index is 0.422. The van der Waals surface area contributed by atoms with Crippen molar-refractivity contribution in [1.29, 1.82) is 0 Å². The van der Waals surface area contributed by atoms with Crippen molar-refractivity contribution in [2.75, 3.05) is 0 Å². The number of ketones is 1. The highest BCUT2D eigenvalue weighted by Gasteiger charge is 2.36. The third-order valence-corrected chi connectivity index (χ3v) is 3.09. The highest BCUT2D eigenvalue weighted by molar-refractivity contribution is 5.97. The van der Waals surface area contributed by atoms with Crippen LogP contribution in [0.25, 0.3) is 0 Å². The minimum atomic E-state index is 0.422. The summed E-state index contributed by atoms with van der Waals surface area (Å²) in [6.07, 6.45) is 6.68. The van der Waals surface area contributed by atoms with Crippen LogP contribution in [0.15, 0.2) is 11.6 Å². The molecule has 2 rings (SSSR count). The van der Waals surface area contributed by atoms with Crippen LogP contribution in [0, 0.1) is 11.8 Å². The molecule has 0 amide bonds. The van der Waals surface area contributed by atoms with Gasteiger partial charge >= 0.3 is 0 Å². The molecule has 0 aromatic rings. The van der Waals surface area contributed by atoms with E-state index in [9.17, 15) is 4.79 Å². The molecule has 2 atom stereocenters.